The van der Waals surface area contributed by atoms with Crippen molar-refractivity contribution in [3.63, 3.8) is 0 Å². The summed E-state index contributed by atoms with van der Waals surface area (Å²) in [6, 6.07) is 7.98. The first-order valence-corrected chi connectivity index (χ1v) is 4.99. The number of benzene rings is 1. The van der Waals surface area contributed by atoms with Crippen LogP contribution in [0.5, 0.6) is 0 Å². The van der Waals surface area contributed by atoms with Gasteiger partial charge in [-0.1, -0.05) is 0 Å². The van der Waals surface area contributed by atoms with Gasteiger partial charge in [0.2, 0.25) is 0 Å². The van der Waals surface area contributed by atoms with Crippen molar-refractivity contribution in [2.45, 2.75) is 13.8 Å². The van der Waals surface area contributed by atoms with Crippen molar-refractivity contribution in [1.82, 2.24) is 0 Å². The Balaban J connectivity index is 2.67. The van der Waals surface area contributed by atoms with Gasteiger partial charge in [-0.2, -0.15) is 0 Å². The molecule has 0 bridgehead atoms. The van der Waals surface area contributed by atoms with E-state index >= 15 is 0 Å². The fraction of sp³-hybridized carbons (Fsp3) is 0.182. The molecular weight excluding hydrogens is 180 g/mol. The minimum absolute atomic E-state index is 0.130. The van der Waals surface area contributed by atoms with Gasteiger partial charge in [0, 0.05) is 15.1 Å². The van der Waals surface area contributed by atoms with Crippen LogP contribution in [-0.2, 0) is 0 Å². The average molecular weight is 190 g/mol. The molecule has 2 heteroatoms. The Bertz CT molecular complexity index is 468. The summed E-state index contributed by atoms with van der Waals surface area (Å²) in [5.41, 5.74) is 0.797. The van der Waals surface area contributed by atoms with Crippen LogP contribution in [0.15, 0.2) is 24.3 Å². The SMILES string of the molecule is CC(=O)c1ccc2sc(C)cc2c1. The minimum atomic E-state index is 0.130. The number of carbonyl (C=O) groups excluding carboxylic acids is 1. The molecule has 0 unspecified atom stereocenters. The van der Waals surface area contributed by atoms with E-state index in [2.05, 4.69) is 13.0 Å². The molecule has 2 aromatic rings. The molecule has 0 atom stereocenters. The van der Waals surface area contributed by atoms with Crippen molar-refractivity contribution in [3.8, 4) is 0 Å². The summed E-state index contributed by atoms with van der Waals surface area (Å²) >= 11 is 1.76. The van der Waals surface area contributed by atoms with Gasteiger partial charge < -0.3 is 0 Å². The summed E-state index contributed by atoms with van der Waals surface area (Å²) in [5, 5.41) is 1.18. The molecular formula is C11H10OS. The van der Waals surface area contributed by atoms with E-state index in [1.54, 1.807) is 18.3 Å². The van der Waals surface area contributed by atoms with Crippen LogP contribution >= 0.6 is 11.3 Å². The van der Waals surface area contributed by atoms with Crippen LogP contribution in [-0.4, -0.2) is 5.78 Å². The molecule has 1 heterocycles. The lowest BCUT2D eigenvalue weighted by Gasteiger charge is -1.94. The topological polar surface area (TPSA) is 17.1 Å². The molecule has 1 aromatic carbocycles. The smallest absolute Gasteiger partial charge is 0.159 e. The molecule has 0 N–H and O–H groups in total. The molecule has 66 valence electrons. The molecule has 0 aliphatic heterocycles. The monoisotopic (exact) mass is 190 g/mol. The molecule has 0 saturated heterocycles. The molecule has 1 nitrogen and oxygen atoms in total. The van der Waals surface area contributed by atoms with E-state index in [1.807, 2.05) is 18.2 Å². The first kappa shape index (κ1) is 8.45. The van der Waals surface area contributed by atoms with Crippen LogP contribution in [0.4, 0.5) is 0 Å². The first-order valence-electron chi connectivity index (χ1n) is 4.18. The zero-order valence-corrected chi connectivity index (χ0v) is 8.44. The van der Waals surface area contributed by atoms with E-state index in [1.165, 1.54) is 15.0 Å². The number of aryl methyl sites for hydroxylation is 1. The lowest BCUT2D eigenvalue weighted by atomic mass is 10.1. The summed E-state index contributed by atoms with van der Waals surface area (Å²) in [5.74, 6) is 0.130. The number of hydrogen-bond acceptors (Lipinski definition) is 2. The van der Waals surface area contributed by atoms with Crippen molar-refractivity contribution in [2.24, 2.45) is 0 Å². The van der Waals surface area contributed by atoms with Gasteiger partial charge in [0.15, 0.2) is 5.78 Å². The minimum Gasteiger partial charge on any atom is -0.295 e. The highest BCUT2D eigenvalue weighted by Gasteiger charge is 2.02. The normalized spacial score (nSPS) is 10.6. The average Bonchev–Trinajstić information content (AvgIpc) is 2.42. The first-order chi connectivity index (χ1) is 6.16. The maximum Gasteiger partial charge on any atom is 0.159 e. The lowest BCUT2D eigenvalue weighted by Crippen LogP contribution is -1.89. The van der Waals surface area contributed by atoms with Crippen LogP contribution in [0.2, 0.25) is 0 Å². The van der Waals surface area contributed by atoms with Crippen molar-refractivity contribution in [1.29, 1.82) is 0 Å². The molecule has 2 rings (SSSR count). The zero-order chi connectivity index (χ0) is 9.42. The van der Waals surface area contributed by atoms with Crippen molar-refractivity contribution in [2.75, 3.05) is 0 Å². The third kappa shape index (κ3) is 1.49. The number of thiophene rings is 1. The van der Waals surface area contributed by atoms with Gasteiger partial charge in [-0.05, 0) is 43.5 Å². The predicted molar refractivity (Wildman–Crippen MR) is 56.6 cm³/mol. The fourth-order valence-electron chi connectivity index (χ4n) is 1.40. The Morgan fingerprint density at radius 2 is 2.08 bits per heavy atom. The summed E-state index contributed by atoms with van der Waals surface area (Å²) in [6.45, 7) is 3.68. The maximum atomic E-state index is 11.1. The van der Waals surface area contributed by atoms with E-state index in [4.69, 9.17) is 0 Å². The van der Waals surface area contributed by atoms with Crippen LogP contribution in [0, 0.1) is 6.92 Å². The Morgan fingerprint density at radius 3 is 2.77 bits per heavy atom. The molecule has 0 radical (unpaired) electrons. The number of Topliss-reactive ketones (excluding diaryl/α,β-unsaturated/α-hetero) is 1. The molecule has 0 amide bonds. The van der Waals surface area contributed by atoms with Crippen LogP contribution < -0.4 is 0 Å². The van der Waals surface area contributed by atoms with Gasteiger partial charge in [-0.25, -0.2) is 0 Å². The Labute approximate surface area is 81.0 Å². The van der Waals surface area contributed by atoms with E-state index in [0.717, 1.165) is 5.56 Å². The Kier molecular flexibility index (Phi) is 1.93. The van der Waals surface area contributed by atoms with E-state index in [9.17, 15) is 4.79 Å². The van der Waals surface area contributed by atoms with Gasteiger partial charge >= 0.3 is 0 Å². The van der Waals surface area contributed by atoms with Gasteiger partial charge in [0.05, 0.1) is 0 Å². The van der Waals surface area contributed by atoms with Gasteiger partial charge in [-0.15, -0.1) is 11.3 Å². The number of fused-ring (bicyclic) bond motifs is 1. The summed E-state index contributed by atoms with van der Waals surface area (Å²) < 4.78 is 1.25. The summed E-state index contributed by atoms with van der Waals surface area (Å²) in [4.78, 5) is 12.4. The van der Waals surface area contributed by atoms with Crippen molar-refractivity contribution >= 4 is 27.2 Å². The van der Waals surface area contributed by atoms with Gasteiger partial charge in [0.25, 0.3) is 0 Å². The summed E-state index contributed by atoms with van der Waals surface area (Å²) in [6.07, 6.45) is 0. The van der Waals surface area contributed by atoms with Crippen molar-refractivity contribution < 1.29 is 4.79 Å². The number of rotatable bonds is 1. The molecule has 0 aliphatic carbocycles. The van der Waals surface area contributed by atoms with Crippen LogP contribution in [0.1, 0.15) is 22.2 Å². The number of carbonyl (C=O) groups is 1. The highest BCUT2D eigenvalue weighted by atomic mass is 32.1. The second kappa shape index (κ2) is 2.96. The quantitative estimate of drug-likeness (QED) is 0.630. The molecule has 0 fully saturated rings. The highest BCUT2D eigenvalue weighted by molar-refractivity contribution is 7.19. The van der Waals surface area contributed by atoms with Gasteiger partial charge in [0.1, 0.15) is 0 Å². The maximum absolute atomic E-state index is 11.1. The number of ketones is 1. The number of hydrogen-bond donors (Lipinski definition) is 0. The molecule has 13 heavy (non-hydrogen) atoms. The largest absolute Gasteiger partial charge is 0.295 e. The standard InChI is InChI=1S/C11H10OS/c1-7-5-10-6-9(8(2)12)3-4-11(10)13-7/h3-6H,1-2H3. The molecule has 0 saturated carbocycles. The third-order valence-corrected chi connectivity index (χ3v) is 3.08. The molecule has 0 spiro atoms. The molecule has 0 aliphatic rings. The van der Waals surface area contributed by atoms with E-state index < -0.39 is 0 Å². The lowest BCUT2D eigenvalue weighted by molar-refractivity contribution is 0.101. The predicted octanol–water partition coefficient (Wildman–Crippen LogP) is 3.41. The highest BCUT2D eigenvalue weighted by Crippen LogP contribution is 2.25. The third-order valence-electron chi connectivity index (χ3n) is 2.05. The fourth-order valence-corrected chi connectivity index (χ4v) is 2.30. The Morgan fingerprint density at radius 1 is 1.31 bits per heavy atom. The van der Waals surface area contributed by atoms with E-state index in [0.29, 0.717) is 0 Å². The zero-order valence-electron chi connectivity index (χ0n) is 7.63. The summed E-state index contributed by atoms with van der Waals surface area (Å²) in [7, 11) is 0. The van der Waals surface area contributed by atoms with Crippen LogP contribution in [0.25, 0.3) is 10.1 Å². The van der Waals surface area contributed by atoms with Gasteiger partial charge in [-0.3, -0.25) is 4.79 Å². The van der Waals surface area contributed by atoms with Crippen molar-refractivity contribution in [3.05, 3.63) is 34.7 Å². The second-order valence-corrected chi connectivity index (χ2v) is 4.45. The van der Waals surface area contributed by atoms with E-state index in [-0.39, 0.29) is 5.78 Å². The molecule has 1 aromatic heterocycles. The van der Waals surface area contributed by atoms with Crippen LogP contribution in [0.3, 0.4) is 0 Å². The second-order valence-electron chi connectivity index (χ2n) is 3.17. The Hall–Kier alpha value is -1.15.